The normalized spacial score (nSPS) is 12.2. The van der Waals surface area contributed by atoms with Gasteiger partial charge in [0.15, 0.2) is 6.10 Å². The van der Waals surface area contributed by atoms with Crippen molar-refractivity contribution in [2.75, 3.05) is 0 Å². The first-order valence-electron chi connectivity index (χ1n) is 8.63. The predicted octanol–water partition coefficient (Wildman–Crippen LogP) is 4.72. The van der Waals surface area contributed by atoms with E-state index in [0.717, 1.165) is 33.2 Å². The average molecular weight is 350 g/mol. The van der Waals surface area contributed by atoms with E-state index in [9.17, 15) is 9.59 Å². The molecule has 134 valence electrons. The number of ketones is 1. The number of esters is 1. The van der Waals surface area contributed by atoms with Crippen LogP contribution in [0.3, 0.4) is 0 Å². The van der Waals surface area contributed by atoms with Crippen molar-refractivity contribution in [1.29, 1.82) is 0 Å². The maximum absolute atomic E-state index is 12.5. The van der Waals surface area contributed by atoms with Gasteiger partial charge in [-0.15, -0.1) is 0 Å². The van der Waals surface area contributed by atoms with E-state index in [1.165, 1.54) is 0 Å². The Morgan fingerprint density at radius 2 is 1.81 bits per heavy atom. The van der Waals surface area contributed by atoms with Gasteiger partial charge in [-0.1, -0.05) is 24.3 Å². The molecule has 2 aromatic carbocycles. The molecule has 0 amide bonds. The topological polar surface area (TPSA) is 56.5 Å². The van der Waals surface area contributed by atoms with Crippen LogP contribution in [0.25, 0.3) is 11.0 Å². The molecule has 0 unspecified atom stereocenters. The molecule has 1 heterocycles. The number of carbonyl (C=O) groups excluding carboxylic acids is 2. The summed E-state index contributed by atoms with van der Waals surface area (Å²) in [7, 11) is 0. The van der Waals surface area contributed by atoms with Crippen molar-refractivity contribution in [1.82, 2.24) is 0 Å². The monoisotopic (exact) mass is 350 g/mol. The molecule has 4 nitrogen and oxygen atoms in total. The van der Waals surface area contributed by atoms with Crippen molar-refractivity contribution >= 4 is 22.7 Å². The van der Waals surface area contributed by atoms with Gasteiger partial charge >= 0.3 is 5.97 Å². The van der Waals surface area contributed by atoms with Crippen molar-refractivity contribution in [3.05, 3.63) is 70.5 Å². The number of benzene rings is 2. The summed E-state index contributed by atoms with van der Waals surface area (Å²) < 4.78 is 10.9. The summed E-state index contributed by atoms with van der Waals surface area (Å²) in [5.74, 6) is -0.646. The summed E-state index contributed by atoms with van der Waals surface area (Å²) >= 11 is 0. The second kappa shape index (κ2) is 7.16. The zero-order chi connectivity index (χ0) is 18.8. The number of carbonyl (C=O) groups is 2. The minimum atomic E-state index is -0.829. The Kier molecular flexibility index (Phi) is 4.94. The number of Topliss-reactive ketones (excluding diaryl/α,β-unsaturated/α-hetero) is 1. The van der Waals surface area contributed by atoms with Crippen LogP contribution in [0.2, 0.25) is 0 Å². The highest BCUT2D eigenvalue weighted by molar-refractivity contribution is 6.00. The second-order valence-corrected chi connectivity index (χ2v) is 6.73. The van der Waals surface area contributed by atoms with Gasteiger partial charge < -0.3 is 9.15 Å². The van der Waals surface area contributed by atoms with Crippen molar-refractivity contribution in [2.24, 2.45) is 0 Å². The summed E-state index contributed by atoms with van der Waals surface area (Å²) in [5, 5.41) is 0.890. The van der Waals surface area contributed by atoms with Crippen LogP contribution >= 0.6 is 0 Å². The van der Waals surface area contributed by atoms with Crippen LogP contribution in [-0.4, -0.2) is 17.9 Å². The fraction of sp³-hybridized carbons (Fsp3) is 0.273. The smallest absolute Gasteiger partial charge is 0.311 e. The highest BCUT2D eigenvalue weighted by atomic mass is 16.5. The van der Waals surface area contributed by atoms with E-state index in [1.807, 2.05) is 51.1 Å². The molecule has 26 heavy (non-hydrogen) atoms. The molecule has 0 saturated carbocycles. The molecule has 0 spiro atoms. The predicted molar refractivity (Wildman–Crippen MR) is 100 cm³/mol. The van der Waals surface area contributed by atoms with Crippen LogP contribution < -0.4 is 0 Å². The third-order valence-corrected chi connectivity index (χ3v) is 4.61. The first kappa shape index (κ1) is 17.9. The summed E-state index contributed by atoms with van der Waals surface area (Å²) in [6.07, 6.45) is 0.812. The van der Waals surface area contributed by atoms with Crippen molar-refractivity contribution in [3.8, 4) is 0 Å². The summed E-state index contributed by atoms with van der Waals surface area (Å²) in [6.45, 7) is 7.53. The van der Waals surface area contributed by atoms with Crippen LogP contribution in [0.5, 0.6) is 0 Å². The fourth-order valence-corrected chi connectivity index (χ4v) is 2.90. The first-order valence-corrected chi connectivity index (χ1v) is 8.63. The number of ether oxygens (including phenoxy) is 1. The number of aryl methyl sites for hydroxylation is 3. The molecule has 0 aliphatic carbocycles. The molecule has 0 bridgehead atoms. The SMILES string of the molecule is Cc1ccc2c(CC(=O)O[C@@H](C)C(=O)c3ccc(C)c(C)c3)coc2c1. The van der Waals surface area contributed by atoms with Crippen molar-refractivity contribution < 1.29 is 18.7 Å². The van der Waals surface area contributed by atoms with Gasteiger partial charge in [0.25, 0.3) is 0 Å². The van der Waals surface area contributed by atoms with Gasteiger partial charge in [0, 0.05) is 16.5 Å². The zero-order valence-corrected chi connectivity index (χ0v) is 15.5. The van der Waals surface area contributed by atoms with Crippen molar-refractivity contribution in [2.45, 2.75) is 40.2 Å². The molecular formula is C22H22O4. The van der Waals surface area contributed by atoms with Gasteiger partial charge in [0.05, 0.1) is 12.7 Å². The van der Waals surface area contributed by atoms with E-state index in [1.54, 1.807) is 19.3 Å². The molecule has 0 N–H and O–H groups in total. The molecule has 1 aromatic heterocycles. The lowest BCUT2D eigenvalue weighted by Crippen LogP contribution is -2.25. The zero-order valence-electron chi connectivity index (χ0n) is 15.5. The number of hydrogen-bond donors (Lipinski definition) is 0. The van der Waals surface area contributed by atoms with Crippen LogP contribution in [-0.2, 0) is 16.0 Å². The summed E-state index contributed by atoms with van der Waals surface area (Å²) in [4.78, 5) is 24.8. The van der Waals surface area contributed by atoms with Crippen LogP contribution in [0.4, 0.5) is 0 Å². The van der Waals surface area contributed by atoms with E-state index in [-0.39, 0.29) is 12.2 Å². The lowest BCUT2D eigenvalue weighted by molar-refractivity contribution is -0.145. The minimum Gasteiger partial charge on any atom is -0.464 e. The van der Waals surface area contributed by atoms with Gasteiger partial charge in [-0.05, 0) is 56.5 Å². The Balaban J connectivity index is 1.68. The van der Waals surface area contributed by atoms with Gasteiger partial charge in [0.1, 0.15) is 5.58 Å². The Labute approximate surface area is 152 Å². The Bertz CT molecular complexity index is 981. The maximum Gasteiger partial charge on any atom is 0.311 e. The average Bonchev–Trinajstić information content (AvgIpc) is 2.98. The Morgan fingerprint density at radius 3 is 2.54 bits per heavy atom. The number of furan rings is 1. The minimum absolute atomic E-state index is 0.0700. The molecule has 0 aliphatic rings. The van der Waals surface area contributed by atoms with E-state index in [4.69, 9.17) is 9.15 Å². The molecule has 0 radical (unpaired) electrons. The fourth-order valence-electron chi connectivity index (χ4n) is 2.90. The molecule has 3 aromatic rings. The number of hydrogen-bond acceptors (Lipinski definition) is 4. The lowest BCUT2D eigenvalue weighted by Gasteiger charge is -2.13. The molecule has 4 heteroatoms. The van der Waals surface area contributed by atoms with Crippen LogP contribution in [0.15, 0.2) is 47.1 Å². The molecule has 0 saturated heterocycles. The van der Waals surface area contributed by atoms with Gasteiger partial charge in [0.2, 0.25) is 5.78 Å². The second-order valence-electron chi connectivity index (χ2n) is 6.73. The Hall–Kier alpha value is -2.88. The maximum atomic E-state index is 12.5. The van der Waals surface area contributed by atoms with Gasteiger partial charge in [-0.25, -0.2) is 0 Å². The lowest BCUT2D eigenvalue weighted by atomic mass is 10.0. The van der Waals surface area contributed by atoms with E-state index < -0.39 is 12.1 Å². The van der Waals surface area contributed by atoms with Crippen LogP contribution in [0, 0.1) is 20.8 Å². The first-order chi connectivity index (χ1) is 12.3. The molecule has 0 fully saturated rings. The molecule has 0 aliphatic heterocycles. The third-order valence-electron chi connectivity index (χ3n) is 4.61. The van der Waals surface area contributed by atoms with E-state index in [0.29, 0.717) is 5.56 Å². The van der Waals surface area contributed by atoms with Gasteiger partial charge in [-0.2, -0.15) is 0 Å². The largest absolute Gasteiger partial charge is 0.464 e. The summed E-state index contributed by atoms with van der Waals surface area (Å²) in [6, 6.07) is 11.3. The van der Waals surface area contributed by atoms with Gasteiger partial charge in [-0.3, -0.25) is 9.59 Å². The quantitative estimate of drug-likeness (QED) is 0.494. The highest BCUT2D eigenvalue weighted by Crippen LogP contribution is 2.23. The van der Waals surface area contributed by atoms with E-state index >= 15 is 0 Å². The van der Waals surface area contributed by atoms with Crippen LogP contribution in [0.1, 0.15) is 39.5 Å². The van der Waals surface area contributed by atoms with Crippen molar-refractivity contribution in [3.63, 3.8) is 0 Å². The standard InChI is InChI=1S/C22H22O4/c1-13-5-8-19-18(12-25-20(19)9-13)11-21(23)26-16(4)22(24)17-7-6-14(2)15(3)10-17/h5-10,12,16H,11H2,1-4H3/t16-/m0/s1. The third kappa shape index (κ3) is 3.69. The summed E-state index contributed by atoms with van der Waals surface area (Å²) in [5.41, 5.74) is 5.30. The number of fused-ring (bicyclic) bond motifs is 1. The highest BCUT2D eigenvalue weighted by Gasteiger charge is 2.21. The molecule has 3 rings (SSSR count). The molecular weight excluding hydrogens is 328 g/mol. The molecule has 1 atom stereocenters. The Morgan fingerprint density at radius 1 is 1.04 bits per heavy atom. The van der Waals surface area contributed by atoms with E-state index in [2.05, 4.69) is 0 Å². The number of rotatable bonds is 5.